The molecule has 0 unspecified atom stereocenters. The maximum absolute atomic E-state index is 12.6. The number of carbonyl (C=O) groups excluding carboxylic acids is 1. The van der Waals surface area contributed by atoms with Crippen LogP contribution in [0.1, 0.15) is 21.5 Å². The molecule has 4 nitrogen and oxygen atoms in total. The molecule has 0 aromatic heterocycles. The largest absolute Gasteiger partial charge is 0.496 e. The van der Waals surface area contributed by atoms with Gasteiger partial charge < -0.3 is 14.2 Å². The average Bonchev–Trinajstić information content (AvgIpc) is 2.89. The quantitative estimate of drug-likeness (QED) is 0.773. The predicted molar refractivity (Wildman–Crippen MR) is 83.9 cm³/mol. The molecule has 25 heavy (non-hydrogen) atoms. The van der Waals surface area contributed by atoms with Crippen molar-refractivity contribution in [2.45, 2.75) is 6.18 Å². The minimum atomic E-state index is -4.41. The van der Waals surface area contributed by atoms with E-state index in [4.69, 9.17) is 14.2 Å². The topological polar surface area (TPSA) is 44.8 Å². The third kappa shape index (κ3) is 3.17. The van der Waals surface area contributed by atoms with Crippen molar-refractivity contribution >= 4 is 11.9 Å². The highest BCUT2D eigenvalue weighted by Gasteiger charge is 2.32. The first kappa shape index (κ1) is 16.9. The van der Waals surface area contributed by atoms with Crippen molar-refractivity contribution in [3.8, 4) is 17.2 Å². The monoisotopic (exact) mass is 350 g/mol. The Balaban J connectivity index is 1.95. The molecule has 3 rings (SSSR count). The maximum atomic E-state index is 12.6. The number of carbonyl (C=O) groups is 1. The first-order chi connectivity index (χ1) is 11.8. The first-order valence-corrected chi connectivity index (χ1v) is 7.21. The van der Waals surface area contributed by atoms with Gasteiger partial charge in [0, 0.05) is 12.1 Å². The second kappa shape index (κ2) is 6.16. The Morgan fingerprint density at radius 1 is 1.04 bits per heavy atom. The van der Waals surface area contributed by atoms with Gasteiger partial charge in [0.15, 0.2) is 5.76 Å². The van der Waals surface area contributed by atoms with Crippen molar-refractivity contribution in [2.75, 3.05) is 14.2 Å². The number of hydrogen-bond acceptors (Lipinski definition) is 4. The average molecular weight is 350 g/mol. The van der Waals surface area contributed by atoms with Gasteiger partial charge in [-0.15, -0.1) is 0 Å². The van der Waals surface area contributed by atoms with Crippen LogP contribution in [-0.4, -0.2) is 20.0 Å². The van der Waals surface area contributed by atoms with Gasteiger partial charge in [-0.05, 0) is 23.8 Å². The fourth-order valence-corrected chi connectivity index (χ4v) is 2.45. The number of ketones is 1. The van der Waals surface area contributed by atoms with Gasteiger partial charge in [0.05, 0.1) is 19.8 Å². The maximum Gasteiger partial charge on any atom is 0.416 e. The van der Waals surface area contributed by atoms with Gasteiger partial charge in [0.1, 0.15) is 22.8 Å². The van der Waals surface area contributed by atoms with Crippen LogP contribution in [0.5, 0.6) is 17.2 Å². The van der Waals surface area contributed by atoms with E-state index in [2.05, 4.69) is 0 Å². The van der Waals surface area contributed by atoms with E-state index >= 15 is 0 Å². The summed E-state index contributed by atoms with van der Waals surface area (Å²) in [5, 5.41) is 0. The lowest BCUT2D eigenvalue weighted by atomic mass is 10.1. The van der Waals surface area contributed by atoms with E-state index in [1.165, 1.54) is 32.4 Å². The molecule has 0 bridgehead atoms. The molecule has 0 fully saturated rings. The molecule has 1 heterocycles. The summed E-state index contributed by atoms with van der Waals surface area (Å²) >= 11 is 0. The zero-order chi connectivity index (χ0) is 18.2. The smallest absolute Gasteiger partial charge is 0.416 e. The summed E-state index contributed by atoms with van der Waals surface area (Å²) in [6, 6.07) is 7.54. The van der Waals surface area contributed by atoms with Gasteiger partial charge in [0.25, 0.3) is 0 Å². The van der Waals surface area contributed by atoms with Gasteiger partial charge >= 0.3 is 6.18 Å². The number of ether oxygens (including phenoxy) is 3. The number of rotatable bonds is 3. The molecule has 0 amide bonds. The summed E-state index contributed by atoms with van der Waals surface area (Å²) in [4.78, 5) is 12.5. The van der Waals surface area contributed by atoms with Crippen LogP contribution >= 0.6 is 0 Å². The van der Waals surface area contributed by atoms with Gasteiger partial charge in [-0.25, -0.2) is 0 Å². The standard InChI is InChI=1S/C18H13F3O4/c1-23-12-8-13(24-2)16-14(9-12)25-15(17(16)22)7-10-3-5-11(6-4-10)18(19,20)21/h3-9H,1-2H3/b15-7-. The van der Waals surface area contributed by atoms with Crippen LogP contribution in [0.25, 0.3) is 6.08 Å². The number of alkyl halides is 3. The molecule has 1 aliphatic rings. The Morgan fingerprint density at radius 2 is 1.72 bits per heavy atom. The molecule has 0 N–H and O–H groups in total. The summed E-state index contributed by atoms with van der Waals surface area (Å²) in [7, 11) is 2.89. The molecule has 0 atom stereocenters. The van der Waals surface area contributed by atoms with E-state index < -0.39 is 17.5 Å². The van der Waals surface area contributed by atoms with Crippen molar-refractivity contribution < 1.29 is 32.2 Å². The molecule has 0 spiro atoms. The van der Waals surface area contributed by atoms with Crippen LogP contribution in [0.3, 0.4) is 0 Å². The normalized spacial score (nSPS) is 15.1. The Bertz CT molecular complexity index is 852. The van der Waals surface area contributed by atoms with Crippen LogP contribution in [0.2, 0.25) is 0 Å². The Kier molecular flexibility index (Phi) is 4.16. The predicted octanol–water partition coefficient (Wildman–Crippen LogP) is 4.34. The van der Waals surface area contributed by atoms with Gasteiger partial charge in [-0.1, -0.05) is 12.1 Å². The number of halogens is 3. The molecule has 2 aromatic carbocycles. The third-order valence-electron chi connectivity index (χ3n) is 3.70. The summed E-state index contributed by atoms with van der Waals surface area (Å²) < 4.78 is 53.6. The van der Waals surface area contributed by atoms with Gasteiger partial charge in [-0.2, -0.15) is 13.2 Å². The number of hydrogen-bond donors (Lipinski definition) is 0. The molecule has 7 heteroatoms. The van der Waals surface area contributed by atoms with Crippen molar-refractivity contribution in [3.63, 3.8) is 0 Å². The third-order valence-corrected chi connectivity index (χ3v) is 3.70. The fraction of sp³-hybridized carbons (Fsp3) is 0.167. The van der Waals surface area contributed by atoms with Crippen molar-refractivity contribution in [1.29, 1.82) is 0 Å². The van der Waals surface area contributed by atoms with E-state index in [1.54, 1.807) is 12.1 Å². The van der Waals surface area contributed by atoms with Crippen LogP contribution in [0.15, 0.2) is 42.2 Å². The molecule has 0 saturated heterocycles. The lowest BCUT2D eigenvalue weighted by Crippen LogP contribution is -2.04. The van der Waals surface area contributed by atoms with Crippen LogP contribution in [0, 0.1) is 0 Å². The highest BCUT2D eigenvalue weighted by Crippen LogP contribution is 2.41. The summed E-state index contributed by atoms with van der Waals surface area (Å²) in [5.41, 5.74) is -0.0976. The Hall–Kier alpha value is -2.96. The van der Waals surface area contributed by atoms with Gasteiger partial charge in [-0.3, -0.25) is 4.79 Å². The minimum Gasteiger partial charge on any atom is -0.496 e. The van der Waals surface area contributed by atoms with Crippen LogP contribution < -0.4 is 14.2 Å². The minimum absolute atomic E-state index is 0.00121. The van der Waals surface area contributed by atoms with E-state index in [9.17, 15) is 18.0 Å². The molecule has 0 saturated carbocycles. The molecule has 0 radical (unpaired) electrons. The van der Waals surface area contributed by atoms with E-state index in [0.29, 0.717) is 17.1 Å². The number of Topliss-reactive ketones (excluding diaryl/α,β-unsaturated/α-hetero) is 1. The van der Waals surface area contributed by atoms with Crippen molar-refractivity contribution in [3.05, 3.63) is 58.8 Å². The molecule has 0 aliphatic carbocycles. The summed E-state index contributed by atoms with van der Waals surface area (Å²) in [6.45, 7) is 0. The number of benzene rings is 2. The van der Waals surface area contributed by atoms with E-state index in [-0.39, 0.29) is 17.1 Å². The highest BCUT2D eigenvalue weighted by molar-refractivity contribution is 6.16. The second-order valence-electron chi connectivity index (χ2n) is 5.26. The molecular weight excluding hydrogens is 337 g/mol. The van der Waals surface area contributed by atoms with E-state index in [1.807, 2.05) is 0 Å². The SMILES string of the molecule is COc1cc(OC)c2c(c1)O/C(=C\c1ccc(C(F)(F)F)cc1)C2=O. The first-order valence-electron chi connectivity index (χ1n) is 7.21. The Labute approximate surface area is 141 Å². The van der Waals surface area contributed by atoms with Gasteiger partial charge in [0.2, 0.25) is 5.78 Å². The van der Waals surface area contributed by atoms with Crippen molar-refractivity contribution in [1.82, 2.24) is 0 Å². The lowest BCUT2D eigenvalue weighted by Gasteiger charge is -2.07. The second-order valence-corrected chi connectivity index (χ2v) is 5.26. The number of methoxy groups -OCH3 is 2. The number of fused-ring (bicyclic) bond motifs is 1. The van der Waals surface area contributed by atoms with Crippen LogP contribution in [-0.2, 0) is 6.18 Å². The zero-order valence-corrected chi connectivity index (χ0v) is 13.3. The molecule has 2 aromatic rings. The fourth-order valence-electron chi connectivity index (χ4n) is 2.45. The molecule has 130 valence electrons. The molecule has 1 aliphatic heterocycles. The number of allylic oxidation sites excluding steroid dienone is 1. The lowest BCUT2D eigenvalue weighted by molar-refractivity contribution is -0.137. The molecular formula is C18H13F3O4. The summed E-state index contributed by atoms with van der Waals surface area (Å²) in [6.07, 6.45) is -3.03. The summed E-state index contributed by atoms with van der Waals surface area (Å²) in [5.74, 6) is 0.629. The highest BCUT2D eigenvalue weighted by atomic mass is 19.4. The zero-order valence-electron chi connectivity index (χ0n) is 13.3. The Morgan fingerprint density at radius 3 is 2.28 bits per heavy atom. The van der Waals surface area contributed by atoms with Crippen LogP contribution in [0.4, 0.5) is 13.2 Å². The van der Waals surface area contributed by atoms with Crippen molar-refractivity contribution in [2.24, 2.45) is 0 Å². The van der Waals surface area contributed by atoms with E-state index in [0.717, 1.165) is 12.1 Å².